The molecule has 3 nitrogen and oxygen atoms in total. The van der Waals surface area contributed by atoms with E-state index in [1.165, 1.54) is 6.07 Å². The number of hydrogen-bond donors (Lipinski definition) is 0. The maximum absolute atomic E-state index is 14.1. The fourth-order valence-corrected chi connectivity index (χ4v) is 3.89. The number of aromatic nitrogens is 2. The largest absolute Gasteiger partial charge is 0.327 e. The fraction of sp³-hybridized carbons (Fsp3) is 0.130. The highest BCUT2D eigenvalue weighted by Gasteiger charge is 2.21. The minimum absolute atomic E-state index is 0.208. The standard InChI is InChI=1S/C23H17FN2O/c24-21-6-2-1-4-17(21)13-26-14-20(18-5-3-11-25-23(18)26)16-8-7-15-9-10-22(27)19(15)12-16/h1-8,11-12,14H,9-10,13H2. The molecule has 0 atom stereocenters. The molecule has 0 radical (unpaired) electrons. The topological polar surface area (TPSA) is 34.9 Å². The Bertz CT molecular complexity index is 1190. The van der Waals surface area contributed by atoms with E-state index in [1.807, 2.05) is 41.1 Å². The smallest absolute Gasteiger partial charge is 0.163 e. The summed E-state index contributed by atoms with van der Waals surface area (Å²) in [5.41, 5.74) is 5.38. The maximum Gasteiger partial charge on any atom is 0.163 e. The van der Waals surface area contributed by atoms with Crippen molar-refractivity contribution in [2.24, 2.45) is 0 Å². The molecular weight excluding hydrogens is 339 g/mol. The summed E-state index contributed by atoms with van der Waals surface area (Å²) in [5.74, 6) is -0.0139. The van der Waals surface area contributed by atoms with Crippen LogP contribution in [-0.2, 0) is 13.0 Å². The van der Waals surface area contributed by atoms with E-state index in [0.717, 1.165) is 39.7 Å². The van der Waals surface area contributed by atoms with Crippen LogP contribution in [0.2, 0.25) is 0 Å². The van der Waals surface area contributed by atoms with Gasteiger partial charge >= 0.3 is 0 Å². The van der Waals surface area contributed by atoms with Crippen LogP contribution in [0.3, 0.4) is 0 Å². The Morgan fingerprint density at radius 2 is 1.89 bits per heavy atom. The lowest BCUT2D eigenvalue weighted by Gasteiger charge is -2.05. The lowest BCUT2D eigenvalue weighted by Crippen LogP contribution is -2.01. The number of halogens is 1. The first-order valence-corrected chi connectivity index (χ1v) is 9.04. The van der Waals surface area contributed by atoms with Crippen molar-refractivity contribution < 1.29 is 9.18 Å². The Labute approximate surface area is 156 Å². The molecule has 2 aromatic carbocycles. The Morgan fingerprint density at radius 1 is 1.00 bits per heavy atom. The van der Waals surface area contributed by atoms with Gasteiger partial charge in [-0.1, -0.05) is 30.3 Å². The van der Waals surface area contributed by atoms with Gasteiger partial charge in [0.25, 0.3) is 0 Å². The molecule has 4 heteroatoms. The van der Waals surface area contributed by atoms with Gasteiger partial charge in [-0.2, -0.15) is 0 Å². The van der Waals surface area contributed by atoms with Crippen molar-refractivity contribution in [2.75, 3.05) is 0 Å². The van der Waals surface area contributed by atoms with Gasteiger partial charge in [0.2, 0.25) is 0 Å². The lowest BCUT2D eigenvalue weighted by molar-refractivity contribution is 0.0994. The van der Waals surface area contributed by atoms with Crippen molar-refractivity contribution in [1.82, 2.24) is 9.55 Å². The summed E-state index contributed by atoms with van der Waals surface area (Å²) in [7, 11) is 0. The van der Waals surface area contributed by atoms with Gasteiger partial charge in [0, 0.05) is 40.9 Å². The third-order valence-corrected chi connectivity index (χ3v) is 5.28. The van der Waals surface area contributed by atoms with E-state index >= 15 is 0 Å². The van der Waals surface area contributed by atoms with Gasteiger partial charge < -0.3 is 4.57 Å². The van der Waals surface area contributed by atoms with Crippen LogP contribution in [0.15, 0.2) is 67.0 Å². The second kappa shape index (κ2) is 6.16. The SMILES string of the molecule is O=C1CCc2ccc(-c3cn(Cc4ccccc4F)c4ncccc34)cc21. The Morgan fingerprint density at radius 3 is 2.78 bits per heavy atom. The molecule has 0 saturated heterocycles. The number of rotatable bonds is 3. The highest BCUT2D eigenvalue weighted by Crippen LogP contribution is 2.33. The molecule has 27 heavy (non-hydrogen) atoms. The normalized spacial score (nSPS) is 13.3. The quantitative estimate of drug-likeness (QED) is 0.517. The van der Waals surface area contributed by atoms with Gasteiger partial charge in [0.05, 0.1) is 6.54 Å². The average Bonchev–Trinajstić information content (AvgIpc) is 3.25. The van der Waals surface area contributed by atoms with Crippen molar-refractivity contribution in [3.8, 4) is 11.1 Å². The van der Waals surface area contributed by atoms with E-state index in [1.54, 1.807) is 18.3 Å². The first-order valence-electron chi connectivity index (χ1n) is 9.04. The van der Waals surface area contributed by atoms with E-state index in [9.17, 15) is 9.18 Å². The van der Waals surface area contributed by atoms with E-state index in [-0.39, 0.29) is 11.6 Å². The number of aryl methyl sites for hydroxylation is 1. The Kier molecular flexibility index (Phi) is 3.64. The van der Waals surface area contributed by atoms with Crippen LogP contribution >= 0.6 is 0 Å². The zero-order valence-corrected chi connectivity index (χ0v) is 14.7. The van der Waals surface area contributed by atoms with Gasteiger partial charge in [-0.15, -0.1) is 0 Å². The van der Waals surface area contributed by atoms with Crippen molar-refractivity contribution in [1.29, 1.82) is 0 Å². The predicted molar refractivity (Wildman–Crippen MR) is 103 cm³/mol. The average molecular weight is 356 g/mol. The van der Waals surface area contributed by atoms with E-state index < -0.39 is 0 Å². The number of fused-ring (bicyclic) bond motifs is 2. The van der Waals surface area contributed by atoms with Gasteiger partial charge in [0.15, 0.2) is 5.78 Å². The van der Waals surface area contributed by atoms with Crippen LogP contribution in [0.4, 0.5) is 4.39 Å². The minimum Gasteiger partial charge on any atom is -0.327 e. The van der Waals surface area contributed by atoms with Crippen LogP contribution in [0.25, 0.3) is 22.2 Å². The molecule has 0 unspecified atom stereocenters. The Balaban J connectivity index is 1.65. The van der Waals surface area contributed by atoms with Gasteiger partial charge in [0.1, 0.15) is 11.5 Å². The molecule has 5 rings (SSSR count). The van der Waals surface area contributed by atoms with E-state index in [4.69, 9.17) is 0 Å². The third kappa shape index (κ3) is 2.65. The van der Waals surface area contributed by atoms with E-state index in [2.05, 4.69) is 11.1 Å². The molecule has 4 aromatic rings. The Hall–Kier alpha value is -3.27. The number of nitrogens with zero attached hydrogens (tertiary/aromatic N) is 2. The highest BCUT2D eigenvalue weighted by molar-refractivity contribution is 6.03. The summed E-state index contributed by atoms with van der Waals surface area (Å²) >= 11 is 0. The molecular formula is C23H17FN2O. The number of benzene rings is 2. The van der Waals surface area contributed by atoms with Crippen LogP contribution in [0, 0.1) is 5.82 Å². The monoisotopic (exact) mass is 356 g/mol. The summed E-state index contributed by atoms with van der Waals surface area (Å²) < 4.78 is 16.1. The zero-order valence-electron chi connectivity index (χ0n) is 14.7. The molecule has 0 saturated carbocycles. The van der Waals surface area contributed by atoms with Crippen LogP contribution in [0.5, 0.6) is 0 Å². The molecule has 2 heterocycles. The number of ketones is 1. The number of Topliss-reactive ketones (excluding diaryl/α,β-unsaturated/α-hetero) is 1. The van der Waals surface area contributed by atoms with Crippen LogP contribution < -0.4 is 0 Å². The molecule has 2 aromatic heterocycles. The molecule has 1 aliphatic carbocycles. The van der Waals surface area contributed by atoms with Crippen LogP contribution in [0.1, 0.15) is 27.9 Å². The molecule has 1 aliphatic rings. The molecule has 0 bridgehead atoms. The molecule has 0 N–H and O–H groups in total. The summed E-state index contributed by atoms with van der Waals surface area (Å²) in [4.78, 5) is 16.7. The predicted octanol–water partition coefficient (Wildman–Crippen LogP) is 5.02. The van der Waals surface area contributed by atoms with E-state index in [0.29, 0.717) is 18.5 Å². The molecule has 0 spiro atoms. The number of pyridine rings is 1. The van der Waals surface area contributed by atoms with Crippen molar-refractivity contribution >= 4 is 16.8 Å². The zero-order chi connectivity index (χ0) is 18.4. The fourth-order valence-electron chi connectivity index (χ4n) is 3.89. The first-order chi connectivity index (χ1) is 13.2. The highest BCUT2D eigenvalue weighted by atomic mass is 19.1. The molecule has 0 amide bonds. The molecule has 0 fully saturated rings. The number of hydrogen-bond acceptors (Lipinski definition) is 2. The summed E-state index contributed by atoms with van der Waals surface area (Å²) in [6, 6.07) is 16.8. The van der Waals surface area contributed by atoms with Crippen LogP contribution in [-0.4, -0.2) is 15.3 Å². The van der Waals surface area contributed by atoms with Crippen molar-refractivity contribution in [3.63, 3.8) is 0 Å². The summed E-state index contributed by atoms with van der Waals surface area (Å²) in [5, 5.41) is 0.999. The lowest BCUT2D eigenvalue weighted by atomic mass is 10.0. The maximum atomic E-state index is 14.1. The summed E-state index contributed by atoms with van der Waals surface area (Å²) in [6.07, 6.45) is 5.17. The van der Waals surface area contributed by atoms with Gasteiger partial charge in [-0.25, -0.2) is 9.37 Å². The van der Waals surface area contributed by atoms with Crippen molar-refractivity contribution in [3.05, 3.63) is 89.5 Å². The number of carbonyl (C=O) groups excluding carboxylic acids is 1. The molecule has 132 valence electrons. The van der Waals surface area contributed by atoms with Gasteiger partial charge in [-0.3, -0.25) is 4.79 Å². The number of carbonyl (C=O) groups is 1. The second-order valence-corrected chi connectivity index (χ2v) is 6.93. The second-order valence-electron chi connectivity index (χ2n) is 6.93. The molecule has 0 aliphatic heterocycles. The van der Waals surface area contributed by atoms with Crippen molar-refractivity contribution in [2.45, 2.75) is 19.4 Å². The minimum atomic E-state index is -0.222. The summed E-state index contributed by atoms with van der Waals surface area (Å²) in [6.45, 7) is 0.407. The first kappa shape index (κ1) is 15.9. The van der Waals surface area contributed by atoms with Gasteiger partial charge in [-0.05, 0) is 41.8 Å². The third-order valence-electron chi connectivity index (χ3n) is 5.28.